The first-order chi connectivity index (χ1) is 9.80. The third-order valence-corrected chi connectivity index (χ3v) is 4.20. The van der Waals surface area contributed by atoms with Crippen LogP contribution in [-0.2, 0) is 18.6 Å². The van der Waals surface area contributed by atoms with E-state index in [1.807, 2.05) is 24.3 Å². The molecule has 0 aromatic heterocycles. The van der Waals surface area contributed by atoms with Crippen LogP contribution in [-0.4, -0.2) is 51.2 Å². The van der Waals surface area contributed by atoms with Crippen molar-refractivity contribution in [3.05, 3.63) is 24.3 Å². The Morgan fingerprint density at radius 2 is 1.25 bits per heavy atom. The lowest BCUT2D eigenvalue weighted by molar-refractivity contribution is 0.263. The first kappa shape index (κ1) is 14.8. The van der Waals surface area contributed by atoms with Gasteiger partial charge in [-0.25, -0.2) is 0 Å². The van der Waals surface area contributed by atoms with Crippen LogP contribution in [0.3, 0.4) is 0 Å². The van der Waals surface area contributed by atoms with E-state index in [1.54, 1.807) is 0 Å². The molecule has 2 aliphatic heterocycles. The van der Waals surface area contributed by atoms with Crippen LogP contribution >= 0.6 is 25.3 Å². The van der Waals surface area contributed by atoms with E-state index in [4.69, 9.17) is 18.6 Å². The third-order valence-electron chi connectivity index (χ3n) is 3.39. The minimum absolute atomic E-state index is 0.0701. The Kier molecular flexibility index (Phi) is 5.01. The molecular formula is C12H16B2O4S2. The van der Waals surface area contributed by atoms with Crippen LogP contribution in [0.2, 0.25) is 0 Å². The lowest BCUT2D eigenvalue weighted by atomic mass is 9.74. The molecule has 3 rings (SSSR count). The Balaban J connectivity index is 1.63. The van der Waals surface area contributed by atoms with Gasteiger partial charge in [0, 0.05) is 11.5 Å². The number of hydrogen-bond acceptors (Lipinski definition) is 6. The SMILES string of the molecule is SCC1COB(c2ccc(B3OCC(CS)O3)cc2)O1. The second-order valence-electron chi connectivity index (χ2n) is 4.88. The first-order valence-corrected chi connectivity index (χ1v) is 7.92. The Labute approximate surface area is 130 Å². The van der Waals surface area contributed by atoms with Crippen molar-refractivity contribution in [3.8, 4) is 0 Å². The Morgan fingerprint density at radius 3 is 1.55 bits per heavy atom. The number of rotatable bonds is 4. The van der Waals surface area contributed by atoms with Gasteiger partial charge in [-0.05, 0) is 10.9 Å². The van der Waals surface area contributed by atoms with Gasteiger partial charge in [0.25, 0.3) is 0 Å². The highest BCUT2D eigenvalue weighted by Gasteiger charge is 2.34. The predicted molar refractivity (Wildman–Crippen MR) is 86.6 cm³/mol. The van der Waals surface area contributed by atoms with Crippen molar-refractivity contribution in [3.63, 3.8) is 0 Å². The minimum Gasteiger partial charge on any atom is -0.405 e. The average Bonchev–Trinajstić information content (AvgIpc) is 3.16. The number of benzene rings is 1. The third kappa shape index (κ3) is 3.21. The van der Waals surface area contributed by atoms with Crippen molar-refractivity contribution in [1.29, 1.82) is 0 Å². The Morgan fingerprint density at radius 1 is 0.850 bits per heavy atom. The van der Waals surface area contributed by atoms with Gasteiger partial charge in [0.1, 0.15) is 0 Å². The van der Waals surface area contributed by atoms with Crippen LogP contribution in [0.5, 0.6) is 0 Å². The zero-order chi connectivity index (χ0) is 13.9. The standard InChI is InChI=1S/C12H16B2O4S2/c19-7-11-5-15-13(17-11)9-1-2-10(4-3-9)14-16-6-12(8-20)18-14/h1-4,11-12,19-20H,5-8H2. The van der Waals surface area contributed by atoms with E-state index in [0.29, 0.717) is 24.7 Å². The molecule has 20 heavy (non-hydrogen) atoms. The fourth-order valence-electron chi connectivity index (χ4n) is 2.25. The molecular weight excluding hydrogens is 294 g/mol. The normalized spacial score (nSPS) is 26.5. The van der Waals surface area contributed by atoms with E-state index in [-0.39, 0.29) is 26.4 Å². The van der Waals surface area contributed by atoms with Crippen molar-refractivity contribution in [1.82, 2.24) is 0 Å². The molecule has 8 heteroatoms. The Hall–Kier alpha value is -0.110. The van der Waals surface area contributed by atoms with Gasteiger partial charge in [0.05, 0.1) is 25.4 Å². The summed E-state index contributed by atoms with van der Waals surface area (Å²) in [5.74, 6) is 1.34. The molecule has 0 spiro atoms. The van der Waals surface area contributed by atoms with E-state index in [1.165, 1.54) is 0 Å². The first-order valence-electron chi connectivity index (χ1n) is 6.66. The number of hydrogen-bond donors (Lipinski definition) is 2. The van der Waals surface area contributed by atoms with Crippen molar-refractivity contribution >= 4 is 50.4 Å². The summed E-state index contributed by atoms with van der Waals surface area (Å²) in [6.07, 6.45) is 0.140. The highest BCUT2D eigenvalue weighted by molar-refractivity contribution is 7.80. The monoisotopic (exact) mass is 310 g/mol. The van der Waals surface area contributed by atoms with Crippen LogP contribution in [0.15, 0.2) is 24.3 Å². The van der Waals surface area contributed by atoms with E-state index in [9.17, 15) is 0 Å². The molecule has 0 aliphatic carbocycles. The van der Waals surface area contributed by atoms with Crippen molar-refractivity contribution in [2.45, 2.75) is 12.2 Å². The van der Waals surface area contributed by atoms with E-state index in [2.05, 4.69) is 25.3 Å². The van der Waals surface area contributed by atoms with E-state index >= 15 is 0 Å². The van der Waals surface area contributed by atoms with Crippen molar-refractivity contribution < 1.29 is 18.6 Å². The van der Waals surface area contributed by atoms with Crippen LogP contribution in [0.1, 0.15) is 0 Å². The molecule has 0 saturated carbocycles. The van der Waals surface area contributed by atoms with Crippen LogP contribution in [0, 0.1) is 0 Å². The van der Waals surface area contributed by atoms with Crippen LogP contribution < -0.4 is 10.9 Å². The van der Waals surface area contributed by atoms with Crippen molar-refractivity contribution in [2.24, 2.45) is 0 Å². The molecule has 1 aromatic carbocycles. The molecule has 106 valence electrons. The van der Waals surface area contributed by atoms with Gasteiger partial charge in [-0.2, -0.15) is 25.3 Å². The van der Waals surface area contributed by atoms with Gasteiger partial charge >= 0.3 is 14.2 Å². The van der Waals surface area contributed by atoms with Crippen molar-refractivity contribution in [2.75, 3.05) is 24.7 Å². The van der Waals surface area contributed by atoms with Gasteiger partial charge in [0.15, 0.2) is 0 Å². The zero-order valence-electron chi connectivity index (χ0n) is 11.0. The molecule has 4 nitrogen and oxygen atoms in total. The predicted octanol–water partition coefficient (Wildman–Crippen LogP) is -0.233. The summed E-state index contributed by atoms with van der Waals surface area (Å²) < 4.78 is 22.6. The number of thiol groups is 2. The fourth-order valence-corrected chi connectivity index (χ4v) is 2.63. The lowest BCUT2D eigenvalue weighted by Crippen LogP contribution is -2.37. The maximum Gasteiger partial charge on any atom is 0.494 e. The van der Waals surface area contributed by atoms with E-state index < -0.39 is 0 Å². The topological polar surface area (TPSA) is 36.9 Å². The van der Waals surface area contributed by atoms with E-state index in [0.717, 1.165) is 10.9 Å². The summed E-state index contributed by atoms with van der Waals surface area (Å²) in [5, 5.41) is 0. The Bertz CT molecular complexity index is 407. The van der Waals surface area contributed by atoms with Gasteiger partial charge in [-0.1, -0.05) is 24.3 Å². The smallest absolute Gasteiger partial charge is 0.405 e. The van der Waals surface area contributed by atoms with Gasteiger partial charge in [-0.15, -0.1) is 0 Å². The molecule has 2 saturated heterocycles. The van der Waals surface area contributed by atoms with Gasteiger partial charge < -0.3 is 18.6 Å². The summed E-state index contributed by atoms with van der Waals surface area (Å²) in [6.45, 7) is 1.18. The summed E-state index contributed by atoms with van der Waals surface area (Å²) in [6, 6.07) is 7.95. The van der Waals surface area contributed by atoms with Crippen LogP contribution in [0.4, 0.5) is 0 Å². The van der Waals surface area contributed by atoms with Crippen LogP contribution in [0.25, 0.3) is 0 Å². The maximum absolute atomic E-state index is 5.73. The summed E-state index contributed by atoms with van der Waals surface area (Å²) in [4.78, 5) is 0. The zero-order valence-corrected chi connectivity index (χ0v) is 12.8. The fraction of sp³-hybridized carbons (Fsp3) is 0.500. The molecule has 0 amide bonds. The molecule has 2 fully saturated rings. The quantitative estimate of drug-likeness (QED) is 0.595. The van der Waals surface area contributed by atoms with Gasteiger partial charge in [0.2, 0.25) is 0 Å². The summed E-state index contributed by atoms with van der Waals surface area (Å²) in [5.41, 5.74) is 2.00. The van der Waals surface area contributed by atoms with Gasteiger partial charge in [-0.3, -0.25) is 0 Å². The molecule has 2 atom stereocenters. The summed E-state index contributed by atoms with van der Waals surface area (Å²) in [7, 11) is -0.589. The maximum atomic E-state index is 5.73. The summed E-state index contributed by atoms with van der Waals surface area (Å²) >= 11 is 8.43. The molecule has 2 heterocycles. The minimum atomic E-state index is -0.295. The molecule has 0 bridgehead atoms. The highest BCUT2D eigenvalue weighted by Crippen LogP contribution is 2.11. The molecule has 0 radical (unpaired) electrons. The second kappa shape index (κ2) is 6.77. The molecule has 1 aromatic rings. The largest absolute Gasteiger partial charge is 0.494 e. The molecule has 0 N–H and O–H groups in total. The highest BCUT2D eigenvalue weighted by atomic mass is 32.1. The molecule has 2 unspecified atom stereocenters. The average molecular weight is 310 g/mol. The second-order valence-corrected chi connectivity index (χ2v) is 5.61. The lowest BCUT2D eigenvalue weighted by Gasteiger charge is -2.09. The molecule has 2 aliphatic rings.